The van der Waals surface area contributed by atoms with E-state index in [-0.39, 0.29) is 0 Å². The van der Waals surface area contributed by atoms with Crippen LogP contribution in [0.2, 0.25) is 0 Å². The van der Waals surface area contributed by atoms with E-state index in [1.165, 1.54) is 0 Å². The Kier molecular flexibility index (Phi) is 5.36. The van der Waals surface area contributed by atoms with Crippen LogP contribution in [0.3, 0.4) is 0 Å². The summed E-state index contributed by atoms with van der Waals surface area (Å²) in [5.41, 5.74) is 2.24. The molecular formula is C26H20O4. The van der Waals surface area contributed by atoms with Crippen molar-refractivity contribution >= 4 is 11.9 Å². The molecule has 0 amide bonds. The van der Waals surface area contributed by atoms with Crippen molar-refractivity contribution in [1.29, 1.82) is 0 Å². The third kappa shape index (κ3) is 3.58. The first kappa shape index (κ1) is 19.5. The van der Waals surface area contributed by atoms with Gasteiger partial charge in [-0.1, -0.05) is 72.7 Å². The van der Waals surface area contributed by atoms with Gasteiger partial charge in [-0.3, -0.25) is 9.59 Å². The Hall–Kier alpha value is -3.84. The predicted molar refractivity (Wildman–Crippen MR) is 113 cm³/mol. The lowest BCUT2D eigenvalue weighted by atomic mass is 9.52. The van der Waals surface area contributed by atoms with E-state index in [2.05, 4.69) is 5.92 Å². The lowest BCUT2D eigenvalue weighted by Crippen LogP contribution is -2.52. The normalized spacial score (nSPS) is 22.4. The summed E-state index contributed by atoms with van der Waals surface area (Å²) in [7, 11) is 0. The molecule has 1 aliphatic rings. The molecule has 1 aliphatic carbocycles. The molecule has 2 atom stereocenters. The maximum atomic E-state index is 13.3. The lowest BCUT2D eigenvalue weighted by Gasteiger charge is -2.48. The van der Waals surface area contributed by atoms with Crippen molar-refractivity contribution in [2.45, 2.75) is 11.8 Å². The second-order valence-corrected chi connectivity index (χ2v) is 7.36. The number of carbonyl (C=O) groups excluding carboxylic acids is 1. The summed E-state index contributed by atoms with van der Waals surface area (Å²) >= 11 is 0. The van der Waals surface area contributed by atoms with Gasteiger partial charge < -0.3 is 9.84 Å². The average molecular weight is 396 g/mol. The smallest absolute Gasteiger partial charge is 0.315 e. The van der Waals surface area contributed by atoms with Gasteiger partial charge >= 0.3 is 11.9 Å². The number of hydrogen-bond acceptors (Lipinski definition) is 3. The molecule has 0 saturated heterocycles. The minimum absolute atomic E-state index is 0.354. The summed E-state index contributed by atoms with van der Waals surface area (Å²) in [5, 5.41) is 9.98. The predicted octanol–water partition coefficient (Wildman–Crippen LogP) is 4.47. The van der Waals surface area contributed by atoms with Crippen molar-refractivity contribution in [3.8, 4) is 18.1 Å². The Bertz CT molecular complexity index is 1050. The molecule has 0 aromatic heterocycles. The van der Waals surface area contributed by atoms with Gasteiger partial charge in [0, 0.05) is 17.4 Å². The van der Waals surface area contributed by atoms with E-state index in [1.54, 1.807) is 24.3 Å². The molecule has 148 valence electrons. The minimum atomic E-state index is -0.920. The van der Waals surface area contributed by atoms with Crippen LogP contribution in [0.1, 0.15) is 28.5 Å². The van der Waals surface area contributed by atoms with Crippen LogP contribution in [-0.4, -0.2) is 17.0 Å². The van der Waals surface area contributed by atoms with Gasteiger partial charge in [0.05, 0.1) is 11.8 Å². The summed E-state index contributed by atoms with van der Waals surface area (Å²) in [4.78, 5) is 25.4. The fourth-order valence-corrected chi connectivity index (χ4v) is 4.36. The molecule has 4 heteroatoms. The van der Waals surface area contributed by atoms with Crippen LogP contribution >= 0.6 is 0 Å². The van der Waals surface area contributed by atoms with Gasteiger partial charge in [0.2, 0.25) is 0 Å². The highest BCUT2D eigenvalue weighted by molar-refractivity contribution is 5.85. The number of hydrogen-bond donors (Lipinski definition) is 1. The summed E-state index contributed by atoms with van der Waals surface area (Å²) < 4.78 is 5.66. The highest BCUT2D eigenvalue weighted by atomic mass is 16.5. The van der Waals surface area contributed by atoms with Crippen molar-refractivity contribution in [2.75, 3.05) is 0 Å². The van der Waals surface area contributed by atoms with Crippen LogP contribution in [0.15, 0.2) is 84.9 Å². The molecule has 0 spiro atoms. The molecule has 1 fully saturated rings. The minimum Gasteiger partial charge on any atom is -0.481 e. The topological polar surface area (TPSA) is 63.6 Å². The number of aliphatic carboxylic acids is 1. The van der Waals surface area contributed by atoms with E-state index in [4.69, 9.17) is 11.2 Å². The molecule has 30 heavy (non-hydrogen) atoms. The Morgan fingerprint density at radius 1 is 0.800 bits per heavy atom. The van der Waals surface area contributed by atoms with Gasteiger partial charge in [0.25, 0.3) is 0 Å². The molecule has 0 heterocycles. The lowest BCUT2D eigenvalue weighted by molar-refractivity contribution is -0.158. The summed E-state index contributed by atoms with van der Waals surface area (Å²) in [6.07, 6.45) is 5.44. The van der Waals surface area contributed by atoms with E-state index in [0.29, 0.717) is 11.3 Å². The van der Waals surface area contributed by atoms with Crippen LogP contribution in [0.25, 0.3) is 0 Å². The summed E-state index contributed by atoms with van der Waals surface area (Å²) in [6, 6.07) is 25.3. The molecule has 0 bridgehead atoms. The van der Waals surface area contributed by atoms with Crippen LogP contribution in [0.4, 0.5) is 0 Å². The zero-order valence-electron chi connectivity index (χ0n) is 16.1. The Morgan fingerprint density at radius 2 is 1.37 bits per heavy atom. The zero-order chi connectivity index (χ0) is 21.1. The van der Waals surface area contributed by atoms with Crippen molar-refractivity contribution in [1.82, 2.24) is 0 Å². The van der Waals surface area contributed by atoms with Gasteiger partial charge in [-0.2, -0.15) is 0 Å². The second kappa shape index (κ2) is 8.26. The van der Waals surface area contributed by atoms with Gasteiger partial charge in [0.1, 0.15) is 5.75 Å². The second-order valence-electron chi connectivity index (χ2n) is 7.36. The van der Waals surface area contributed by atoms with Crippen molar-refractivity contribution in [3.05, 3.63) is 102 Å². The van der Waals surface area contributed by atoms with Gasteiger partial charge in [0.15, 0.2) is 0 Å². The monoisotopic (exact) mass is 396 g/mol. The van der Waals surface area contributed by atoms with Crippen LogP contribution in [0.5, 0.6) is 5.75 Å². The molecule has 4 nitrogen and oxygen atoms in total. The number of ether oxygens (including phenoxy) is 1. The van der Waals surface area contributed by atoms with Gasteiger partial charge in [-0.25, -0.2) is 0 Å². The number of carbonyl (C=O) groups is 2. The molecule has 3 aromatic rings. The maximum Gasteiger partial charge on any atom is 0.315 e. The first-order valence-electron chi connectivity index (χ1n) is 9.71. The molecular weight excluding hydrogens is 376 g/mol. The number of rotatable bonds is 5. The van der Waals surface area contributed by atoms with E-state index < -0.39 is 35.6 Å². The molecule has 0 unspecified atom stereocenters. The molecule has 0 radical (unpaired) electrons. The van der Waals surface area contributed by atoms with E-state index in [1.807, 2.05) is 60.7 Å². The van der Waals surface area contributed by atoms with Crippen LogP contribution in [0, 0.1) is 24.2 Å². The Balaban J connectivity index is 1.72. The van der Waals surface area contributed by atoms with Crippen LogP contribution < -0.4 is 4.74 Å². The number of terminal acetylenes is 1. The van der Waals surface area contributed by atoms with Crippen LogP contribution in [-0.2, 0) is 9.59 Å². The van der Waals surface area contributed by atoms with Gasteiger partial charge in [-0.05, 0) is 29.3 Å². The third-order valence-corrected chi connectivity index (χ3v) is 5.69. The standard InChI is InChI=1S/C26H20O4/c1-2-17-10-9-15-20(16-17)30-26(29)24-21(18-11-5-3-6-12-18)23(25(27)28)22(24)19-13-7-4-8-14-19/h1,3-16,21-24H,(H,27,28)/t21-,22-,23?,24?/m0/s1. The average Bonchev–Trinajstić information content (AvgIpc) is 2.74. The molecule has 3 aromatic carbocycles. The number of carboxylic acid groups (broad SMARTS) is 1. The van der Waals surface area contributed by atoms with E-state index in [9.17, 15) is 14.7 Å². The summed E-state index contributed by atoms with van der Waals surface area (Å²) in [6.45, 7) is 0. The Morgan fingerprint density at radius 3 is 1.87 bits per heavy atom. The fraction of sp³-hybridized carbons (Fsp3) is 0.154. The number of carboxylic acids is 1. The van der Waals surface area contributed by atoms with E-state index >= 15 is 0 Å². The van der Waals surface area contributed by atoms with Crippen molar-refractivity contribution in [3.63, 3.8) is 0 Å². The highest BCUT2D eigenvalue weighted by Crippen LogP contribution is 2.58. The Labute approximate surface area is 175 Å². The first-order chi connectivity index (χ1) is 14.6. The third-order valence-electron chi connectivity index (χ3n) is 5.69. The fourth-order valence-electron chi connectivity index (χ4n) is 4.36. The quantitative estimate of drug-likeness (QED) is 0.393. The van der Waals surface area contributed by atoms with Gasteiger partial charge in [-0.15, -0.1) is 6.42 Å². The van der Waals surface area contributed by atoms with Crippen molar-refractivity contribution in [2.24, 2.45) is 11.8 Å². The highest BCUT2D eigenvalue weighted by Gasteiger charge is 2.59. The first-order valence-corrected chi connectivity index (χ1v) is 9.71. The SMILES string of the molecule is C#Cc1cccc(OC(=O)C2[C@@H](c3ccccc3)C(C(=O)O)[C@@H]2c2ccccc2)c1. The maximum absolute atomic E-state index is 13.3. The number of benzene rings is 3. The van der Waals surface area contributed by atoms with E-state index in [0.717, 1.165) is 11.1 Å². The zero-order valence-corrected chi connectivity index (χ0v) is 16.1. The largest absolute Gasteiger partial charge is 0.481 e. The molecule has 0 aliphatic heterocycles. The summed E-state index contributed by atoms with van der Waals surface area (Å²) in [5.74, 6) is -0.788. The molecule has 1 N–H and O–H groups in total. The molecule has 4 rings (SSSR count). The number of esters is 1. The molecule has 1 saturated carbocycles. The van der Waals surface area contributed by atoms with Crippen molar-refractivity contribution < 1.29 is 19.4 Å².